The van der Waals surface area contributed by atoms with Crippen molar-refractivity contribution in [1.82, 2.24) is 25.0 Å². The second-order valence-corrected chi connectivity index (χ2v) is 5.92. The van der Waals surface area contributed by atoms with E-state index in [0.29, 0.717) is 17.7 Å². The summed E-state index contributed by atoms with van der Waals surface area (Å²) in [5.41, 5.74) is 0. The predicted molar refractivity (Wildman–Crippen MR) is 70.9 cm³/mol. The van der Waals surface area contributed by atoms with Gasteiger partial charge in [-0.15, -0.1) is 5.10 Å². The number of hydrogen-bond acceptors (Lipinski definition) is 4. The van der Waals surface area contributed by atoms with Crippen LogP contribution in [0.25, 0.3) is 0 Å². The molecule has 6 heteroatoms. The van der Waals surface area contributed by atoms with Crippen LogP contribution in [-0.2, 0) is 0 Å². The number of hydrogen-bond donors (Lipinski definition) is 1. The van der Waals surface area contributed by atoms with Crippen LogP contribution in [0.3, 0.4) is 0 Å². The number of aromatic amines is 1. The standard InChI is InChI=1S/C13H21N5O/c1-17-6-5-9(7-17)8-18(2)13(19)12-14-11(15-16-12)10-3-4-10/h9-10H,3-8H2,1-2H3,(H,14,15,16). The van der Waals surface area contributed by atoms with Gasteiger partial charge in [0.1, 0.15) is 5.82 Å². The number of likely N-dealkylation sites (tertiary alicyclic amines) is 1. The monoisotopic (exact) mass is 263 g/mol. The third-order valence-corrected chi connectivity index (χ3v) is 4.03. The average molecular weight is 263 g/mol. The summed E-state index contributed by atoms with van der Waals surface area (Å²) >= 11 is 0. The van der Waals surface area contributed by atoms with Gasteiger partial charge in [0.25, 0.3) is 5.91 Å². The summed E-state index contributed by atoms with van der Waals surface area (Å²) in [6.07, 6.45) is 3.48. The Balaban J connectivity index is 1.58. The van der Waals surface area contributed by atoms with Crippen molar-refractivity contribution >= 4 is 5.91 Å². The molecule has 6 nitrogen and oxygen atoms in total. The molecule has 1 aromatic rings. The van der Waals surface area contributed by atoms with Crippen molar-refractivity contribution in [2.24, 2.45) is 5.92 Å². The lowest BCUT2D eigenvalue weighted by Gasteiger charge is -2.19. The van der Waals surface area contributed by atoms with Crippen molar-refractivity contribution in [1.29, 1.82) is 0 Å². The van der Waals surface area contributed by atoms with Gasteiger partial charge in [0.05, 0.1) is 0 Å². The molecule has 0 radical (unpaired) electrons. The third-order valence-electron chi connectivity index (χ3n) is 4.03. The number of carbonyl (C=O) groups excluding carboxylic acids is 1. The second kappa shape index (κ2) is 4.92. The Morgan fingerprint density at radius 2 is 2.26 bits per heavy atom. The number of aromatic nitrogens is 3. The van der Waals surface area contributed by atoms with E-state index in [4.69, 9.17) is 0 Å². The first-order valence-corrected chi connectivity index (χ1v) is 7.00. The number of H-pyrrole nitrogens is 1. The fraction of sp³-hybridized carbons (Fsp3) is 0.769. The van der Waals surface area contributed by atoms with Crippen molar-refractivity contribution in [3.63, 3.8) is 0 Å². The van der Waals surface area contributed by atoms with Crippen LogP contribution in [0.2, 0.25) is 0 Å². The fourth-order valence-corrected chi connectivity index (χ4v) is 2.73. The zero-order chi connectivity index (χ0) is 13.4. The first-order valence-electron chi connectivity index (χ1n) is 7.00. The molecule has 2 aliphatic rings. The molecule has 104 valence electrons. The molecule has 0 spiro atoms. The minimum atomic E-state index is -0.0716. The van der Waals surface area contributed by atoms with Gasteiger partial charge in [-0.05, 0) is 38.8 Å². The normalized spacial score (nSPS) is 23.8. The molecule has 1 atom stereocenters. The van der Waals surface area contributed by atoms with Crippen molar-refractivity contribution in [2.45, 2.75) is 25.2 Å². The highest BCUT2D eigenvalue weighted by Gasteiger charge is 2.29. The summed E-state index contributed by atoms with van der Waals surface area (Å²) in [5.74, 6) is 2.19. The average Bonchev–Trinajstić information content (AvgIpc) is 2.98. The smallest absolute Gasteiger partial charge is 0.293 e. The Hall–Kier alpha value is -1.43. The van der Waals surface area contributed by atoms with Crippen LogP contribution in [0.15, 0.2) is 0 Å². The quantitative estimate of drug-likeness (QED) is 0.868. The molecule has 1 amide bonds. The molecule has 1 saturated carbocycles. The first-order chi connectivity index (χ1) is 9.13. The number of carbonyl (C=O) groups is 1. The molecule has 1 N–H and O–H groups in total. The maximum absolute atomic E-state index is 12.2. The van der Waals surface area contributed by atoms with Crippen LogP contribution in [-0.4, -0.2) is 64.6 Å². The van der Waals surface area contributed by atoms with Gasteiger partial charge in [-0.25, -0.2) is 4.98 Å². The van der Waals surface area contributed by atoms with E-state index in [1.165, 1.54) is 0 Å². The summed E-state index contributed by atoms with van der Waals surface area (Å²) in [6.45, 7) is 2.98. The Morgan fingerprint density at radius 1 is 1.47 bits per heavy atom. The number of amides is 1. The van der Waals surface area contributed by atoms with Gasteiger partial charge >= 0.3 is 0 Å². The lowest BCUT2D eigenvalue weighted by Crippen LogP contribution is -2.33. The van der Waals surface area contributed by atoms with Crippen LogP contribution in [0, 0.1) is 5.92 Å². The minimum Gasteiger partial charge on any atom is -0.339 e. The molecular weight excluding hydrogens is 242 g/mol. The van der Waals surface area contributed by atoms with E-state index in [-0.39, 0.29) is 5.91 Å². The van der Waals surface area contributed by atoms with Crippen LogP contribution in [0.4, 0.5) is 0 Å². The third kappa shape index (κ3) is 2.78. The molecule has 1 aromatic heterocycles. The first kappa shape index (κ1) is 12.6. The number of rotatable bonds is 4. The molecule has 2 heterocycles. The Kier molecular flexibility index (Phi) is 3.26. The van der Waals surface area contributed by atoms with Crippen molar-refractivity contribution in [2.75, 3.05) is 33.7 Å². The predicted octanol–water partition coefficient (Wildman–Crippen LogP) is 0.706. The van der Waals surface area contributed by atoms with E-state index in [1.807, 2.05) is 7.05 Å². The summed E-state index contributed by atoms with van der Waals surface area (Å²) in [7, 11) is 3.97. The van der Waals surface area contributed by atoms with Crippen LogP contribution >= 0.6 is 0 Å². The van der Waals surface area contributed by atoms with Crippen molar-refractivity contribution < 1.29 is 4.79 Å². The molecule has 3 rings (SSSR count). The van der Waals surface area contributed by atoms with E-state index in [2.05, 4.69) is 27.1 Å². The van der Waals surface area contributed by atoms with Crippen molar-refractivity contribution in [3.05, 3.63) is 11.6 Å². The fourth-order valence-electron chi connectivity index (χ4n) is 2.73. The highest BCUT2D eigenvalue weighted by atomic mass is 16.2. The summed E-state index contributed by atoms with van der Waals surface area (Å²) < 4.78 is 0. The van der Waals surface area contributed by atoms with Gasteiger partial charge in [-0.1, -0.05) is 0 Å². The molecule has 19 heavy (non-hydrogen) atoms. The molecule has 1 aliphatic carbocycles. The van der Waals surface area contributed by atoms with E-state index < -0.39 is 0 Å². The van der Waals surface area contributed by atoms with E-state index >= 15 is 0 Å². The molecule has 2 fully saturated rings. The van der Waals surface area contributed by atoms with Gasteiger partial charge < -0.3 is 9.80 Å². The Morgan fingerprint density at radius 3 is 2.89 bits per heavy atom. The highest BCUT2D eigenvalue weighted by Crippen LogP contribution is 2.37. The molecular formula is C13H21N5O. The largest absolute Gasteiger partial charge is 0.339 e. The summed E-state index contributed by atoms with van der Waals surface area (Å²) in [6, 6.07) is 0. The van der Waals surface area contributed by atoms with Gasteiger partial charge in [-0.2, -0.15) is 0 Å². The highest BCUT2D eigenvalue weighted by molar-refractivity contribution is 5.90. The van der Waals surface area contributed by atoms with Gasteiger partial charge in [0.2, 0.25) is 5.82 Å². The SMILES string of the molecule is CN1CCC(CN(C)C(=O)c2n[nH]c(C3CC3)n2)C1. The zero-order valence-electron chi connectivity index (χ0n) is 11.6. The van der Waals surface area contributed by atoms with Gasteiger partial charge in [-0.3, -0.25) is 9.89 Å². The molecule has 0 bridgehead atoms. The number of nitrogens with one attached hydrogen (secondary N) is 1. The van der Waals surface area contributed by atoms with Crippen LogP contribution in [0.5, 0.6) is 0 Å². The Bertz CT molecular complexity index is 467. The van der Waals surface area contributed by atoms with E-state index in [1.54, 1.807) is 4.90 Å². The van der Waals surface area contributed by atoms with E-state index in [9.17, 15) is 4.79 Å². The lowest BCUT2D eigenvalue weighted by molar-refractivity contribution is 0.0762. The van der Waals surface area contributed by atoms with E-state index in [0.717, 1.165) is 44.7 Å². The number of nitrogens with zero attached hydrogens (tertiary/aromatic N) is 4. The van der Waals surface area contributed by atoms with Crippen LogP contribution in [0.1, 0.15) is 41.6 Å². The molecule has 1 aliphatic heterocycles. The molecule has 1 saturated heterocycles. The summed E-state index contributed by atoms with van der Waals surface area (Å²) in [5, 5.41) is 6.94. The maximum Gasteiger partial charge on any atom is 0.293 e. The van der Waals surface area contributed by atoms with Crippen molar-refractivity contribution in [3.8, 4) is 0 Å². The minimum absolute atomic E-state index is 0.0716. The van der Waals surface area contributed by atoms with Gasteiger partial charge in [0, 0.05) is 26.1 Å². The zero-order valence-corrected chi connectivity index (χ0v) is 11.6. The second-order valence-electron chi connectivity index (χ2n) is 5.92. The lowest BCUT2D eigenvalue weighted by atomic mass is 10.1. The van der Waals surface area contributed by atoms with Gasteiger partial charge in [0.15, 0.2) is 0 Å². The Labute approximate surface area is 113 Å². The maximum atomic E-state index is 12.2. The topological polar surface area (TPSA) is 65.1 Å². The molecule has 1 unspecified atom stereocenters. The summed E-state index contributed by atoms with van der Waals surface area (Å²) in [4.78, 5) is 20.6. The molecule has 0 aromatic carbocycles. The van der Waals surface area contributed by atoms with Crippen LogP contribution < -0.4 is 0 Å².